The Labute approximate surface area is 126 Å². The topological polar surface area (TPSA) is 38.5 Å². The average molecular weight is 282 g/mol. The smallest absolute Gasteiger partial charge is 0.121 e. The van der Waals surface area contributed by atoms with E-state index in [9.17, 15) is 0 Å². The van der Waals surface area contributed by atoms with E-state index in [2.05, 4.69) is 35.2 Å². The maximum Gasteiger partial charge on any atom is 0.121 e. The zero-order valence-electron chi connectivity index (χ0n) is 12.2. The van der Waals surface area contributed by atoms with Crippen molar-refractivity contribution < 1.29 is 4.74 Å². The van der Waals surface area contributed by atoms with Crippen molar-refractivity contribution in [1.82, 2.24) is 0 Å². The van der Waals surface area contributed by atoms with Crippen molar-refractivity contribution in [3.8, 4) is 5.75 Å². The number of nitrogens with two attached hydrogens (primary N) is 1. The molecule has 2 aromatic rings. The molecule has 1 aliphatic rings. The largest absolute Gasteiger partial charge is 0.489 e. The normalized spacial score (nSPS) is 16.0. The van der Waals surface area contributed by atoms with E-state index in [1.165, 1.54) is 11.3 Å². The minimum absolute atomic E-state index is 0.360. The van der Waals surface area contributed by atoms with Gasteiger partial charge in [-0.2, -0.15) is 0 Å². The summed E-state index contributed by atoms with van der Waals surface area (Å²) in [4.78, 5) is 2.39. The van der Waals surface area contributed by atoms with Crippen LogP contribution in [0.3, 0.4) is 0 Å². The second-order valence-corrected chi connectivity index (χ2v) is 5.60. The molecule has 0 atom stereocenters. The molecule has 3 nitrogen and oxygen atoms in total. The minimum atomic E-state index is 0.360. The fourth-order valence-corrected chi connectivity index (χ4v) is 2.67. The lowest BCUT2D eigenvalue weighted by molar-refractivity contribution is 0.306. The molecule has 0 bridgehead atoms. The van der Waals surface area contributed by atoms with Gasteiger partial charge in [-0.25, -0.2) is 0 Å². The Kier molecular flexibility index (Phi) is 4.41. The fourth-order valence-electron chi connectivity index (χ4n) is 2.67. The van der Waals surface area contributed by atoms with Gasteiger partial charge in [0.2, 0.25) is 0 Å². The van der Waals surface area contributed by atoms with E-state index in [1.807, 2.05) is 24.3 Å². The van der Waals surface area contributed by atoms with E-state index in [0.29, 0.717) is 12.6 Å². The van der Waals surface area contributed by atoms with Gasteiger partial charge in [0, 0.05) is 30.9 Å². The summed E-state index contributed by atoms with van der Waals surface area (Å²) in [5.74, 6) is 0.922. The molecule has 0 amide bonds. The lowest BCUT2D eigenvalue weighted by atomic mass is 10.1. The Hall–Kier alpha value is -2.00. The van der Waals surface area contributed by atoms with E-state index >= 15 is 0 Å². The van der Waals surface area contributed by atoms with E-state index in [0.717, 1.165) is 31.7 Å². The first-order chi connectivity index (χ1) is 10.3. The van der Waals surface area contributed by atoms with Gasteiger partial charge >= 0.3 is 0 Å². The lowest BCUT2D eigenvalue weighted by Crippen LogP contribution is -2.39. The van der Waals surface area contributed by atoms with Crippen molar-refractivity contribution in [3.05, 3.63) is 60.2 Å². The number of hydrogen-bond acceptors (Lipinski definition) is 3. The van der Waals surface area contributed by atoms with Crippen molar-refractivity contribution in [3.63, 3.8) is 0 Å². The number of piperidine rings is 1. The van der Waals surface area contributed by atoms with Gasteiger partial charge in [0.15, 0.2) is 0 Å². The molecule has 0 saturated carbocycles. The Bertz CT molecular complexity index is 562. The molecule has 1 saturated heterocycles. The van der Waals surface area contributed by atoms with Crippen molar-refractivity contribution in [2.24, 2.45) is 5.73 Å². The summed E-state index contributed by atoms with van der Waals surface area (Å²) < 4.78 is 5.89. The first-order valence-corrected chi connectivity index (χ1v) is 7.58. The van der Waals surface area contributed by atoms with Crippen LogP contribution in [0.15, 0.2) is 54.6 Å². The Morgan fingerprint density at radius 3 is 2.52 bits per heavy atom. The molecule has 2 N–H and O–H groups in total. The van der Waals surface area contributed by atoms with Crippen molar-refractivity contribution in [2.45, 2.75) is 25.5 Å². The molecule has 0 radical (unpaired) electrons. The molecule has 1 aliphatic heterocycles. The Morgan fingerprint density at radius 2 is 1.76 bits per heavy atom. The van der Waals surface area contributed by atoms with Crippen molar-refractivity contribution >= 4 is 5.69 Å². The van der Waals surface area contributed by atoms with Gasteiger partial charge in [0.25, 0.3) is 0 Å². The second-order valence-electron chi connectivity index (χ2n) is 5.60. The standard InChI is InChI=1S/C18H22N2O/c19-16-9-11-20(12-10-16)17-7-4-8-18(13-17)21-14-15-5-2-1-3-6-15/h1-8,13,16H,9-12,14,19H2. The maximum atomic E-state index is 5.97. The molecule has 110 valence electrons. The highest BCUT2D eigenvalue weighted by molar-refractivity contribution is 5.51. The number of benzene rings is 2. The zero-order valence-corrected chi connectivity index (χ0v) is 12.2. The van der Waals surface area contributed by atoms with Crippen LogP contribution >= 0.6 is 0 Å². The molecule has 3 heteroatoms. The molecule has 0 spiro atoms. The van der Waals surface area contributed by atoms with Crippen LogP contribution in [0.5, 0.6) is 5.75 Å². The van der Waals surface area contributed by atoms with Gasteiger partial charge in [-0.15, -0.1) is 0 Å². The lowest BCUT2D eigenvalue weighted by Gasteiger charge is -2.32. The summed E-state index contributed by atoms with van der Waals surface area (Å²) in [5, 5.41) is 0. The van der Waals surface area contributed by atoms with E-state index in [-0.39, 0.29) is 0 Å². The molecular weight excluding hydrogens is 260 g/mol. The summed E-state index contributed by atoms with van der Waals surface area (Å²) in [6.07, 6.45) is 2.13. The van der Waals surface area contributed by atoms with Gasteiger partial charge < -0.3 is 15.4 Å². The van der Waals surface area contributed by atoms with Gasteiger partial charge in [-0.1, -0.05) is 36.4 Å². The predicted molar refractivity (Wildman–Crippen MR) is 86.6 cm³/mol. The maximum absolute atomic E-state index is 5.97. The van der Waals surface area contributed by atoms with E-state index in [4.69, 9.17) is 10.5 Å². The number of ether oxygens (including phenoxy) is 1. The molecule has 0 unspecified atom stereocenters. The van der Waals surface area contributed by atoms with Crippen LogP contribution in [0.1, 0.15) is 18.4 Å². The van der Waals surface area contributed by atoms with Crippen LogP contribution in [-0.4, -0.2) is 19.1 Å². The highest BCUT2D eigenvalue weighted by Crippen LogP contribution is 2.24. The number of hydrogen-bond donors (Lipinski definition) is 1. The molecule has 3 rings (SSSR count). The zero-order chi connectivity index (χ0) is 14.5. The van der Waals surface area contributed by atoms with Crippen LogP contribution in [-0.2, 0) is 6.61 Å². The third-order valence-electron chi connectivity index (χ3n) is 3.97. The quantitative estimate of drug-likeness (QED) is 0.936. The van der Waals surface area contributed by atoms with Gasteiger partial charge in [-0.05, 0) is 30.5 Å². The van der Waals surface area contributed by atoms with Crippen LogP contribution in [0.25, 0.3) is 0 Å². The minimum Gasteiger partial charge on any atom is -0.489 e. The fraction of sp³-hybridized carbons (Fsp3) is 0.333. The monoisotopic (exact) mass is 282 g/mol. The predicted octanol–water partition coefficient (Wildman–Crippen LogP) is 3.19. The van der Waals surface area contributed by atoms with Crippen molar-refractivity contribution in [2.75, 3.05) is 18.0 Å². The summed E-state index contributed by atoms with van der Waals surface area (Å²) in [7, 11) is 0. The third kappa shape index (κ3) is 3.76. The number of rotatable bonds is 4. The molecule has 1 fully saturated rings. The van der Waals surface area contributed by atoms with E-state index < -0.39 is 0 Å². The Morgan fingerprint density at radius 1 is 1.00 bits per heavy atom. The van der Waals surface area contributed by atoms with Gasteiger partial charge in [0.05, 0.1) is 0 Å². The van der Waals surface area contributed by atoms with Crippen LogP contribution in [0, 0.1) is 0 Å². The third-order valence-corrected chi connectivity index (χ3v) is 3.97. The molecule has 21 heavy (non-hydrogen) atoms. The van der Waals surface area contributed by atoms with E-state index in [1.54, 1.807) is 0 Å². The first-order valence-electron chi connectivity index (χ1n) is 7.58. The molecule has 1 heterocycles. The summed E-state index contributed by atoms with van der Waals surface area (Å²) in [6.45, 7) is 2.67. The Balaban J connectivity index is 1.63. The van der Waals surface area contributed by atoms with Crippen LogP contribution < -0.4 is 15.4 Å². The molecule has 0 aromatic heterocycles. The van der Waals surface area contributed by atoms with Crippen LogP contribution in [0.4, 0.5) is 5.69 Å². The molecule has 0 aliphatic carbocycles. The second kappa shape index (κ2) is 6.64. The summed E-state index contributed by atoms with van der Waals surface area (Å²) in [5.41, 5.74) is 8.38. The van der Waals surface area contributed by atoms with Crippen molar-refractivity contribution in [1.29, 1.82) is 0 Å². The van der Waals surface area contributed by atoms with Gasteiger partial charge in [0.1, 0.15) is 12.4 Å². The summed E-state index contributed by atoms with van der Waals surface area (Å²) in [6, 6.07) is 19.0. The number of nitrogens with zero attached hydrogens (tertiary/aromatic N) is 1. The van der Waals surface area contributed by atoms with Crippen LogP contribution in [0.2, 0.25) is 0 Å². The highest BCUT2D eigenvalue weighted by Gasteiger charge is 2.16. The average Bonchev–Trinajstić information content (AvgIpc) is 2.55. The molecular formula is C18H22N2O. The van der Waals surface area contributed by atoms with Gasteiger partial charge in [-0.3, -0.25) is 0 Å². The molecule has 2 aromatic carbocycles. The SMILES string of the molecule is NC1CCN(c2cccc(OCc3ccccc3)c2)CC1. The number of anilines is 1. The summed E-state index contributed by atoms with van der Waals surface area (Å²) >= 11 is 0. The first kappa shape index (κ1) is 14.0. The highest BCUT2D eigenvalue weighted by atomic mass is 16.5.